The molecule has 2 rings (SSSR count). The average Bonchev–Trinajstić information content (AvgIpc) is 2.60. The van der Waals surface area contributed by atoms with Crippen LogP contribution < -0.4 is 0 Å². The van der Waals surface area contributed by atoms with Gasteiger partial charge < -0.3 is 9.15 Å². The van der Waals surface area contributed by atoms with Crippen molar-refractivity contribution < 1.29 is 13.9 Å². The minimum atomic E-state index is -0.465. The molecule has 1 aromatic carbocycles. The Kier molecular flexibility index (Phi) is 2.36. The maximum atomic E-state index is 11.4. The van der Waals surface area contributed by atoms with Gasteiger partial charge in [0.15, 0.2) is 11.5 Å². The van der Waals surface area contributed by atoms with E-state index in [-0.39, 0.29) is 0 Å². The van der Waals surface area contributed by atoms with Gasteiger partial charge in [0, 0.05) is 6.92 Å². The molecule has 0 N–H and O–H groups in total. The van der Waals surface area contributed by atoms with Crippen molar-refractivity contribution in [2.45, 2.75) is 6.92 Å². The van der Waals surface area contributed by atoms with Crippen molar-refractivity contribution in [3.8, 4) is 0 Å². The van der Waals surface area contributed by atoms with Crippen LogP contribution in [0.3, 0.4) is 0 Å². The number of hydrogen-bond acceptors (Lipinski definition) is 4. The minimum Gasteiger partial charge on any atom is -0.465 e. The van der Waals surface area contributed by atoms with Crippen LogP contribution in [-0.2, 0) is 4.74 Å². The van der Waals surface area contributed by atoms with Crippen LogP contribution in [0.15, 0.2) is 16.5 Å². The van der Waals surface area contributed by atoms with Crippen molar-refractivity contribution in [1.29, 1.82) is 0 Å². The highest BCUT2D eigenvalue weighted by atomic mass is 35.5. The molecule has 0 saturated carbocycles. The number of ether oxygens (including phenoxy) is 1. The van der Waals surface area contributed by atoms with E-state index in [0.29, 0.717) is 27.6 Å². The molecule has 0 radical (unpaired) electrons. The van der Waals surface area contributed by atoms with Crippen LogP contribution in [0.1, 0.15) is 16.2 Å². The first-order chi connectivity index (χ1) is 7.13. The van der Waals surface area contributed by atoms with Gasteiger partial charge in [-0.25, -0.2) is 9.78 Å². The van der Waals surface area contributed by atoms with Crippen molar-refractivity contribution in [2.75, 3.05) is 7.11 Å². The number of aromatic nitrogens is 1. The SMILES string of the molecule is COC(=O)c1ccc(Cl)c2nc(C)oc12. The second-order valence-corrected chi connectivity index (χ2v) is 3.40. The lowest BCUT2D eigenvalue weighted by Crippen LogP contribution is -2.01. The Bertz CT molecular complexity index is 533. The van der Waals surface area contributed by atoms with E-state index in [0.717, 1.165) is 0 Å². The van der Waals surface area contributed by atoms with E-state index >= 15 is 0 Å². The lowest BCUT2D eigenvalue weighted by Gasteiger charge is -1.99. The van der Waals surface area contributed by atoms with Crippen molar-refractivity contribution in [3.63, 3.8) is 0 Å². The molecule has 15 heavy (non-hydrogen) atoms. The summed E-state index contributed by atoms with van der Waals surface area (Å²) in [4.78, 5) is 15.5. The van der Waals surface area contributed by atoms with Crippen LogP contribution in [0.5, 0.6) is 0 Å². The highest BCUT2D eigenvalue weighted by molar-refractivity contribution is 6.35. The quantitative estimate of drug-likeness (QED) is 0.700. The fourth-order valence-corrected chi connectivity index (χ4v) is 1.54. The fourth-order valence-electron chi connectivity index (χ4n) is 1.35. The van der Waals surface area contributed by atoms with Gasteiger partial charge >= 0.3 is 5.97 Å². The molecule has 0 aliphatic heterocycles. The van der Waals surface area contributed by atoms with Gasteiger partial charge in [0.25, 0.3) is 0 Å². The molecule has 0 aliphatic carbocycles. The zero-order valence-corrected chi connectivity index (χ0v) is 8.96. The van der Waals surface area contributed by atoms with E-state index in [9.17, 15) is 4.79 Å². The number of aryl methyl sites for hydroxylation is 1. The first-order valence-electron chi connectivity index (χ1n) is 4.27. The number of esters is 1. The van der Waals surface area contributed by atoms with Crippen LogP contribution in [0.25, 0.3) is 11.1 Å². The van der Waals surface area contributed by atoms with Gasteiger partial charge in [-0.3, -0.25) is 0 Å². The number of fused-ring (bicyclic) bond motifs is 1. The lowest BCUT2D eigenvalue weighted by molar-refractivity contribution is 0.0602. The van der Waals surface area contributed by atoms with Gasteiger partial charge in [0.2, 0.25) is 0 Å². The number of halogens is 1. The van der Waals surface area contributed by atoms with Crippen LogP contribution in [-0.4, -0.2) is 18.1 Å². The standard InChI is InChI=1S/C10H8ClNO3/c1-5-12-8-7(11)4-3-6(9(8)15-5)10(13)14-2/h3-4H,1-2H3. The molecule has 0 unspecified atom stereocenters. The summed E-state index contributed by atoms with van der Waals surface area (Å²) in [7, 11) is 1.31. The smallest absolute Gasteiger partial charge is 0.341 e. The largest absolute Gasteiger partial charge is 0.465 e. The Labute approximate surface area is 90.8 Å². The highest BCUT2D eigenvalue weighted by Gasteiger charge is 2.17. The second kappa shape index (κ2) is 3.55. The maximum Gasteiger partial charge on any atom is 0.341 e. The molecule has 0 fully saturated rings. The van der Waals surface area contributed by atoms with Crippen LogP contribution in [0.4, 0.5) is 0 Å². The van der Waals surface area contributed by atoms with E-state index in [1.807, 2.05) is 0 Å². The molecular weight excluding hydrogens is 218 g/mol. The summed E-state index contributed by atoms with van der Waals surface area (Å²) < 4.78 is 9.93. The molecule has 0 aliphatic rings. The van der Waals surface area contributed by atoms with E-state index in [1.54, 1.807) is 19.1 Å². The second-order valence-electron chi connectivity index (χ2n) is 3.00. The predicted molar refractivity (Wildman–Crippen MR) is 55.1 cm³/mol. The third-order valence-corrected chi connectivity index (χ3v) is 2.31. The number of oxazole rings is 1. The van der Waals surface area contributed by atoms with Gasteiger partial charge in [-0.05, 0) is 12.1 Å². The summed E-state index contributed by atoms with van der Waals surface area (Å²) in [5, 5.41) is 0.453. The third kappa shape index (κ3) is 1.57. The predicted octanol–water partition coefficient (Wildman–Crippen LogP) is 2.58. The Balaban J connectivity index is 2.76. The van der Waals surface area contributed by atoms with Crippen molar-refractivity contribution >= 4 is 28.7 Å². The van der Waals surface area contributed by atoms with E-state index in [1.165, 1.54) is 7.11 Å². The maximum absolute atomic E-state index is 11.4. The minimum absolute atomic E-state index is 0.331. The Hall–Kier alpha value is -1.55. The molecule has 0 atom stereocenters. The molecule has 1 heterocycles. The van der Waals surface area contributed by atoms with E-state index < -0.39 is 5.97 Å². The van der Waals surface area contributed by atoms with Gasteiger partial charge in [-0.1, -0.05) is 11.6 Å². The summed E-state index contributed by atoms with van der Waals surface area (Å²) in [6, 6.07) is 3.15. The molecular formula is C10H8ClNO3. The van der Waals surface area contributed by atoms with Crippen molar-refractivity contribution in [2.24, 2.45) is 0 Å². The van der Waals surface area contributed by atoms with Crippen LogP contribution >= 0.6 is 11.6 Å². The molecule has 0 spiro atoms. The van der Waals surface area contributed by atoms with Crippen molar-refractivity contribution in [1.82, 2.24) is 4.98 Å². The number of carbonyl (C=O) groups excluding carboxylic acids is 1. The highest BCUT2D eigenvalue weighted by Crippen LogP contribution is 2.27. The van der Waals surface area contributed by atoms with Gasteiger partial charge in [0.05, 0.1) is 12.1 Å². The van der Waals surface area contributed by atoms with Gasteiger partial charge in [-0.2, -0.15) is 0 Å². The molecule has 1 aromatic heterocycles. The average molecular weight is 226 g/mol. The summed E-state index contributed by atoms with van der Waals surface area (Å²) in [5.74, 6) is -0.00364. The lowest BCUT2D eigenvalue weighted by atomic mass is 10.2. The fraction of sp³-hybridized carbons (Fsp3) is 0.200. The summed E-state index contributed by atoms with van der Waals surface area (Å²) in [5.41, 5.74) is 1.18. The number of carbonyl (C=O) groups is 1. The molecule has 0 saturated heterocycles. The Morgan fingerprint density at radius 2 is 2.27 bits per heavy atom. The monoisotopic (exact) mass is 225 g/mol. The van der Waals surface area contributed by atoms with Gasteiger partial charge in [-0.15, -0.1) is 0 Å². The molecule has 5 heteroatoms. The normalized spacial score (nSPS) is 10.6. The summed E-state index contributed by atoms with van der Waals surface area (Å²) >= 11 is 5.92. The molecule has 0 bridgehead atoms. The van der Waals surface area contributed by atoms with E-state index in [4.69, 9.17) is 16.0 Å². The summed E-state index contributed by atoms with van der Waals surface area (Å²) in [6.45, 7) is 1.69. The first-order valence-corrected chi connectivity index (χ1v) is 4.65. The number of methoxy groups -OCH3 is 1. The number of hydrogen-bond donors (Lipinski definition) is 0. The third-order valence-electron chi connectivity index (χ3n) is 2.01. The zero-order chi connectivity index (χ0) is 11.0. The first kappa shape index (κ1) is 9.98. The number of rotatable bonds is 1. The molecule has 0 amide bonds. The Morgan fingerprint density at radius 3 is 2.93 bits per heavy atom. The van der Waals surface area contributed by atoms with Crippen LogP contribution in [0, 0.1) is 6.92 Å². The molecule has 78 valence electrons. The van der Waals surface area contributed by atoms with Gasteiger partial charge in [0.1, 0.15) is 11.1 Å². The summed E-state index contributed by atoms with van der Waals surface area (Å²) in [6.07, 6.45) is 0. The Morgan fingerprint density at radius 1 is 1.53 bits per heavy atom. The van der Waals surface area contributed by atoms with E-state index in [2.05, 4.69) is 9.72 Å². The number of benzene rings is 1. The number of nitrogens with zero attached hydrogens (tertiary/aromatic N) is 1. The van der Waals surface area contributed by atoms with Crippen molar-refractivity contribution in [3.05, 3.63) is 28.6 Å². The molecule has 4 nitrogen and oxygen atoms in total. The topological polar surface area (TPSA) is 52.3 Å². The molecule has 2 aromatic rings. The van der Waals surface area contributed by atoms with Crippen LogP contribution in [0.2, 0.25) is 5.02 Å². The zero-order valence-electron chi connectivity index (χ0n) is 8.20.